The molecule has 2 aromatic heterocycles. The number of aromatic nitrogens is 4. The highest BCUT2D eigenvalue weighted by Crippen LogP contribution is 2.17. The lowest BCUT2D eigenvalue weighted by Gasteiger charge is -1.99. The van der Waals surface area contributed by atoms with E-state index in [2.05, 4.69) is 15.3 Å². The molecule has 1 aromatic carbocycles. The minimum Gasteiger partial charge on any atom is -0.384 e. The smallest absolute Gasteiger partial charge is 0.125 e. The maximum absolute atomic E-state index is 5.64. The Balaban J connectivity index is 2.00. The SMILES string of the molecule is Nc1cc(-n2cc(-c3ccccc3)nn2)ccn1. The summed E-state index contributed by atoms with van der Waals surface area (Å²) in [5, 5.41) is 8.23. The van der Waals surface area contributed by atoms with Gasteiger partial charge in [0.2, 0.25) is 0 Å². The lowest BCUT2D eigenvalue weighted by Crippen LogP contribution is -1.97. The van der Waals surface area contributed by atoms with Crippen LogP contribution < -0.4 is 5.73 Å². The van der Waals surface area contributed by atoms with Crippen molar-refractivity contribution < 1.29 is 0 Å². The zero-order valence-electron chi connectivity index (χ0n) is 9.56. The van der Waals surface area contributed by atoms with E-state index in [4.69, 9.17) is 5.73 Å². The summed E-state index contributed by atoms with van der Waals surface area (Å²) in [7, 11) is 0. The summed E-state index contributed by atoms with van der Waals surface area (Å²) < 4.78 is 1.68. The molecule has 0 fully saturated rings. The molecule has 0 atom stereocenters. The van der Waals surface area contributed by atoms with E-state index in [0.717, 1.165) is 16.9 Å². The minimum atomic E-state index is 0.462. The second-order valence-electron chi connectivity index (χ2n) is 3.85. The first-order valence-electron chi connectivity index (χ1n) is 5.52. The molecule has 2 N–H and O–H groups in total. The summed E-state index contributed by atoms with van der Waals surface area (Å²) in [4.78, 5) is 3.95. The van der Waals surface area contributed by atoms with Crippen LogP contribution in [0.3, 0.4) is 0 Å². The van der Waals surface area contributed by atoms with Crippen LogP contribution in [0.2, 0.25) is 0 Å². The molecule has 5 nitrogen and oxygen atoms in total. The first kappa shape index (κ1) is 10.5. The highest BCUT2D eigenvalue weighted by Gasteiger charge is 2.04. The van der Waals surface area contributed by atoms with E-state index in [1.165, 1.54) is 0 Å². The summed E-state index contributed by atoms with van der Waals surface area (Å²) in [6.45, 7) is 0. The van der Waals surface area contributed by atoms with E-state index in [-0.39, 0.29) is 0 Å². The Hall–Kier alpha value is -2.69. The van der Waals surface area contributed by atoms with Crippen molar-refractivity contribution in [2.75, 3.05) is 5.73 Å². The molecule has 0 spiro atoms. The molecular formula is C13H11N5. The summed E-state index contributed by atoms with van der Waals surface area (Å²) in [5.74, 6) is 0.462. The lowest BCUT2D eigenvalue weighted by molar-refractivity contribution is 0.803. The molecule has 0 saturated carbocycles. The average molecular weight is 237 g/mol. The molecule has 18 heavy (non-hydrogen) atoms. The van der Waals surface area contributed by atoms with Gasteiger partial charge >= 0.3 is 0 Å². The van der Waals surface area contributed by atoms with Crippen molar-refractivity contribution >= 4 is 5.82 Å². The monoisotopic (exact) mass is 237 g/mol. The van der Waals surface area contributed by atoms with Gasteiger partial charge in [0, 0.05) is 17.8 Å². The molecule has 2 heterocycles. The first-order chi connectivity index (χ1) is 8.83. The van der Waals surface area contributed by atoms with E-state index in [1.807, 2.05) is 42.6 Å². The molecule has 0 aliphatic carbocycles. The van der Waals surface area contributed by atoms with Crippen molar-refractivity contribution in [3.63, 3.8) is 0 Å². The molecule has 3 aromatic rings. The van der Waals surface area contributed by atoms with Gasteiger partial charge in [0.1, 0.15) is 11.5 Å². The van der Waals surface area contributed by atoms with Crippen molar-refractivity contribution in [3.8, 4) is 16.9 Å². The van der Waals surface area contributed by atoms with Gasteiger partial charge in [-0.05, 0) is 6.07 Å². The molecule has 0 aliphatic rings. The van der Waals surface area contributed by atoms with E-state index in [9.17, 15) is 0 Å². The van der Waals surface area contributed by atoms with Gasteiger partial charge in [0.25, 0.3) is 0 Å². The Morgan fingerprint density at radius 1 is 1.06 bits per heavy atom. The van der Waals surface area contributed by atoms with E-state index in [0.29, 0.717) is 5.82 Å². The van der Waals surface area contributed by atoms with Crippen LogP contribution in [-0.4, -0.2) is 20.0 Å². The molecule has 0 saturated heterocycles. The normalized spacial score (nSPS) is 10.4. The van der Waals surface area contributed by atoms with Crippen LogP contribution in [0, 0.1) is 0 Å². The van der Waals surface area contributed by atoms with Crippen LogP contribution in [0.4, 0.5) is 5.82 Å². The Kier molecular flexibility index (Phi) is 2.49. The van der Waals surface area contributed by atoms with E-state index < -0.39 is 0 Å². The lowest BCUT2D eigenvalue weighted by atomic mass is 10.2. The molecule has 5 heteroatoms. The number of rotatable bonds is 2. The maximum atomic E-state index is 5.64. The Morgan fingerprint density at radius 2 is 1.89 bits per heavy atom. The predicted molar refractivity (Wildman–Crippen MR) is 69.0 cm³/mol. The summed E-state index contributed by atoms with van der Waals surface area (Å²) in [6, 6.07) is 13.5. The van der Waals surface area contributed by atoms with Gasteiger partial charge in [0.15, 0.2) is 0 Å². The van der Waals surface area contributed by atoms with Gasteiger partial charge in [-0.25, -0.2) is 9.67 Å². The summed E-state index contributed by atoms with van der Waals surface area (Å²) >= 11 is 0. The van der Waals surface area contributed by atoms with E-state index >= 15 is 0 Å². The van der Waals surface area contributed by atoms with Crippen molar-refractivity contribution in [3.05, 3.63) is 54.9 Å². The topological polar surface area (TPSA) is 69.6 Å². The Labute approximate surface area is 104 Å². The summed E-state index contributed by atoms with van der Waals surface area (Å²) in [5.41, 5.74) is 8.34. The Morgan fingerprint density at radius 3 is 2.67 bits per heavy atom. The number of anilines is 1. The largest absolute Gasteiger partial charge is 0.384 e. The quantitative estimate of drug-likeness (QED) is 0.739. The standard InChI is InChI=1S/C13H11N5/c14-13-8-11(6-7-15-13)18-9-12(16-17-18)10-4-2-1-3-5-10/h1-9H,(H2,14,15). The fourth-order valence-corrected chi connectivity index (χ4v) is 1.71. The van der Waals surface area contributed by atoms with Crippen molar-refractivity contribution in [2.24, 2.45) is 0 Å². The highest BCUT2D eigenvalue weighted by molar-refractivity contribution is 5.58. The van der Waals surface area contributed by atoms with Crippen molar-refractivity contribution in [1.29, 1.82) is 0 Å². The predicted octanol–water partition coefficient (Wildman–Crippen LogP) is 1.91. The third-order valence-corrected chi connectivity index (χ3v) is 2.59. The number of nitrogens with zero attached hydrogens (tertiary/aromatic N) is 4. The number of pyridine rings is 1. The number of nitrogen functional groups attached to an aromatic ring is 1. The summed E-state index contributed by atoms with van der Waals surface area (Å²) in [6.07, 6.45) is 3.51. The number of benzene rings is 1. The maximum Gasteiger partial charge on any atom is 0.125 e. The molecule has 0 amide bonds. The molecule has 0 bridgehead atoms. The fraction of sp³-hybridized carbons (Fsp3) is 0. The molecule has 0 aliphatic heterocycles. The second-order valence-corrected chi connectivity index (χ2v) is 3.85. The molecule has 0 radical (unpaired) electrons. The minimum absolute atomic E-state index is 0.462. The van der Waals surface area contributed by atoms with Gasteiger partial charge in [-0.2, -0.15) is 0 Å². The van der Waals surface area contributed by atoms with Gasteiger partial charge in [-0.15, -0.1) is 5.10 Å². The third kappa shape index (κ3) is 1.93. The van der Waals surface area contributed by atoms with Crippen molar-refractivity contribution in [2.45, 2.75) is 0 Å². The second kappa shape index (κ2) is 4.29. The van der Waals surface area contributed by atoms with Crippen LogP contribution in [0.25, 0.3) is 16.9 Å². The van der Waals surface area contributed by atoms with Crippen LogP contribution in [0.1, 0.15) is 0 Å². The van der Waals surface area contributed by atoms with Crippen molar-refractivity contribution in [1.82, 2.24) is 20.0 Å². The molecular weight excluding hydrogens is 226 g/mol. The molecule has 0 unspecified atom stereocenters. The Bertz CT molecular complexity index is 660. The van der Waals surface area contributed by atoms with Gasteiger partial charge < -0.3 is 5.73 Å². The number of hydrogen-bond acceptors (Lipinski definition) is 4. The molecule has 88 valence electrons. The van der Waals surface area contributed by atoms with Crippen LogP contribution in [-0.2, 0) is 0 Å². The zero-order valence-corrected chi connectivity index (χ0v) is 9.56. The van der Waals surface area contributed by atoms with E-state index in [1.54, 1.807) is 16.9 Å². The van der Waals surface area contributed by atoms with Crippen LogP contribution in [0.5, 0.6) is 0 Å². The average Bonchev–Trinajstić information content (AvgIpc) is 2.89. The first-order valence-corrected chi connectivity index (χ1v) is 5.52. The molecule has 3 rings (SSSR count). The number of nitrogens with two attached hydrogens (primary N) is 1. The fourth-order valence-electron chi connectivity index (χ4n) is 1.71. The van der Waals surface area contributed by atoms with Crippen LogP contribution in [0.15, 0.2) is 54.9 Å². The third-order valence-electron chi connectivity index (χ3n) is 2.59. The van der Waals surface area contributed by atoms with Gasteiger partial charge in [-0.1, -0.05) is 35.5 Å². The number of hydrogen-bond donors (Lipinski definition) is 1. The zero-order chi connectivity index (χ0) is 12.4. The van der Waals surface area contributed by atoms with Crippen LogP contribution >= 0.6 is 0 Å². The van der Waals surface area contributed by atoms with Gasteiger partial charge in [0.05, 0.1) is 11.9 Å². The van der Waals surface area contributed by atoms with Gasteiger partial charge in [-0.3, -0.25) is 0 Å². The highest BCUT2D eigenvalue weighted by atomic mass is 15.4.